The average molecular weight is 315 g/mol. The fraction of sp³-hybridized carbons (Fsp3) is 0.579. The van der Waals surface area contributed by atoms with Crippen molar-refractivity contribution in [1.29, 1.82) is 0 Å². The van der Waals surface area contributed by atoms with Gasteiger partial charge >= 0.3 is 0 Å². The van der Waals surface area contributed by atoms with Crippen LogP contribution in [-0.2, 0) is 17.6 Å². The normalized spacial score (nSPS) is 18.7. The van der Waals surface area contributed by atoms with Gasteiger partial charge in [-0.15, -0.1) is 0 Å². The predicted octanol–water partition coefficient (Wildman–Crippen LogP) is 2.56. The number of aliphatic hydroxyl groups is 1. The zero-order valence-corrected chi connectivity index (χ0v) is 13.6. The first-order chi connectivity index (χ1) is 11.1. The van der Waals surface area contributed by atoms with Gasteiger partial charge in [0.2, 0.25) is 5.91 Å². The van der Waals surface area contributed by atoms with E-state index in [4.69, 9.17) is 0 Å². The number of ketones is 1. The van der Waals surface area contributed by atoms with Crippen LogP contribution in [0.25, 0.3) is 0 Å². The third-order valence-electron chi connectivity index (χ3n) is 5.27. The lowest BCUT2D eigenvalue weighted by molar-refractivity contribution is -0.123. The van der Waals surface area contributed by atoms with Crippen molar-refractivity contribution < 1.29 is 14.7 Å². The zero-order valence-electron chi connectivity index (χ0n) is 13.6. The Balaban J connectivity index is 1.53. The first kappa shape index (κ1) is 16.2. The number of hydrogen-bond donors (Lipinski definition) is 2. The van der Waals surface area contributed by atoms with E-state index in [2.05, 4.69) is 11.4 Å². The monoisotopic (exact) mass is 315 g/mol. The molecule has 0 atom stereocenters. The van der Waals surface area contributed by atoms with Crippen LogP contribution < -0.4 is 5.32 Å². The van der Waals surface area contributed by atoms with Crippen LogP contribution in [0.2, 0.25) is 0 Å². The van der Waals surface area contributed by atoms with Gasteiger partial charge in [-0.25, -0.2) is 0 Å². The number of carbonyl (C=O) groups excluding carboxylic acids is 2. The minimum absolute atomic E-state index is 0.0164. The highest BCUT2D eigenvalue weighted by Crippen LogP contribution is 2.29. The molecule has 0 aliphatic heterocycles. The van der Waals surface area contributed by atoms with Gasteiger partial charge in [-0.1, -0.05) is 25.0 Å². The molecule has 1 aromatic carbocycles. The number of rotatable bonds is 6. The fourth-order valence-corrected chi connectivity index (χ4v) is 3.85. The summed E-state index contributed by atoms with van der Waals surface area (Å²) in [6.07, 6.45) is 7.47. The van der Waals surface area contributed by atoms with Crippen LogP contribution in [-0.4, -0.2) is 28.9 Å². The highest BCUT2D eigenvalue weighted by atomic mass is 16.3. The van der Waals surface area contributed by atoms with Gasteiger partial charge in [-0.2, -0.15) is 0 Å². The third kappa shape index (κ3) is 3.63. The SMILES string of the molecule is O=C(CCC(=O)c1ccc2c(c1)CCC2)NC1(CO)CCCC1. The van der Waals surface area contributed by atoms with E-state index >= 15 is 0 Å². The number of carbonyl (C=O) groups is 2. The van der Waals surface area contributed by atoms with E-state index in [1.807, 2.05) is 12.1 Å². The molecule has 2 aliphatic rings. The van der Waals surface area contributed by atoms with Crippen molar-refractivity contribution >= 4 is 11.7 Å². The van der Waals surface area contributed by atoms with Crippen LogP contribution in [0.15, 0.2) is 18.2 Å². The summed E-state index contributed by atoms with van der Waals surface area (Å²) >= 11 is 0. The molecule has 1 aromatic rings. The Morgan fingerprint density at radius 3 is 2.52 bits per heavy atom. The minimum Gasteiger partial charge on any atom is -0.394 e. The van der Waals surface area contributed by atoms with Crippen molar-refractivity contribution in [2.24, 2.45) is 0 Å². The second kappa shape index (κ2) is 6.83. The van der Waals surface area contributed by atoms with Gasteiger partial charge in [0.05, 0.1) is 12.1 Å². The van der Waals surface area contributed by atoms with Crippen molar-refractivity contribution in [3.8, 4) is 0 Å². The summed E-state index contributed by atoms with van der Waals surface area (Å²) in [5.41, 5.74) is 2.90. The van der Waals surface area contributed by atoms with Gasteiger partial charge in [-0.05, 0) is 49.3 Å². The maximum absolute atomic E-state index is 12.3. The molecule has 0 bridgehead atoms. The Labute approximate surface area is 137 Å². The number of Topliss-reactive ketones (excluding diaryl/α,β-unsaturated/α-hetero) is 1. The van der Waals surface area contributed by atoms with Crippen molar-refractivity contribution in [2.45, 2.75) is 63.3 Å². The summed E-state index contributed by atoms with van der Waals surface area (Å²) in [6, 6.07) is 5.93. The zero-order chi connectivity index (χ0) is 16.3. The standard InChI is InChI=1S/C19H25NO3/c21-13-19(10-1-2-11-19)20-18(23)9-8-17(22)16-7-6-14-4-3-5-15(14)12-16/h6-7,12,21H,1-5,8-11,13H2,(H,20,23). The third-order valence-corrected chi connectivity index (χ3v) is 5.27. The molecule has 124 valence electrons. The summed E-state index contributed by atoms with van der Waals surface area (Å²) in [5, 5.41) is 12.5. The molecule has 2 aliphatic carbocycles. The summed E-state index contributed by atoms with van der Waals surface area (Å²) in [6.45, 7) is -0.0164. The van der Waals surface area contributed by atoms with Gasteiger partial charge < -0.3 is 10.4 Å². The van der Waals surface area contributed by atoms with Crippen LogP contribution >= 0.6 is 0 Å². The van der Waals surface area contributed by atoms with Gasteiger partial charge in [0, 0.05) is 18.4 Å². The van der Waals surface area contributed by atoms with E-state index in [-0.39, 0.29) is 31.1 Å². The average Bonchev–Trinajstić information content (AvgIpc) is 3.21. The van der Waals surface area contributed by atoms with E-state index < -0.39 is 5.54 Å². The van der Waals surface area contributed by atoms with E-state index in [1.54, 1.807) is 0 Å². The summed E-state index contributed by atoms with van der Waals surface area (Å²) in [5.74, 6) is -0.102. The van der Waals surface area contributed by atoms with Gasteiger partial charge in [0.1, 0.15) is 0 Å². The maximum Gasteiger partial charge on any atom is 0.220 e. The molecule has 0 radical (unpaired) electrons. The molecular formula is C19H25NO3. The molecule has 0 unspecified atom stereocenters. The van der Waals surface area contributed by atoms with Gasteiger partial charge in [-0.3, -0.25) is 9.59 Å². The quantitative estimate of drug-likeness (QED) is 0.793. The lowest BCUT2D eigenvalue weighted by atomic mass is 9.97. The van der Waals surface area contributed by atoms with Crippen LogP contribution in [0.1, 0.15) is 66.4 Å². The molecule has 23 heavy (non-hydrogen) atoms. The summed E-state index contributed by atoms with van der Waals surface area (Å²) < 4.78 is 0. The van der Waals surface area contributed by atoms with Crippen LogP contribution in [0.3, 0.4) is 0 Å². The second-order valence-corrected chi connectivity index (χ2v) is 6.95. The number of nitrogens with one attached hydrogen (secondary N) is 1. The van der Waals surface area contributed by atoms with E-state index in [0.717, 1.165) is 44.1 Å². The van der Waals surface area contributed by atoms with E-state index in [9.17, 15) is 14.7 Å². The van der Waals surface area contributed by atoms with Gasteiger partial charge in [0.15, 0.2) is 5.78 Å². The van der Waals surface area contributed by atoms with E-state index in [0.29, 0.717) is 0 Å². The Morgan fingerprint density at radius 2 is 1.78 bits per heavy atom. The number of benzene rings is 1. The molecule has 0 spiro atoms. The number of amides is 1. The highest BCUT2D eigenvalue weighted by Gasteiger charge is 2.34. The Bertz CT molecular complexity index is 603. The molecular weight excluding hydrogens is 290 g/mol. The molecule has 0 heterocycles. The summed E-state index contributed by atoms with van der Waals surface area (Å²) in [4.78, 5) is 24.4. The Kier molecular flexibility index (Phi) is 4.81. The number of aliphatic hydroxyl groups excluding tert-OH is 1. The smallest absolute Gasteiger partial charge is 0.220 e. The topological polar surface area (TPSA) is 66.4 Å². The number of fused-ring (bicyclic) bond motifs is 1. The highest BCUT2D eigenvalue weighted by molar-refractivity contribution is 5.98. The number of aryl methyl sites for hydroxylation is 2. The van der Waals surface area contributed by atoms with Crippen molar-refractivity contribution in [3.63, 3.8) is 0 Å². The van der Waals surface area contributed by atoms with Crippen molar-refractivity contribution in [3.05, 3.63) is 34.9 Å². The van der Waals surface area contributed by atoms with E-state index in [1.165, 1.54) is 17.5 Å². The minimum atomic E-state index is -0.451. The molecule has 0 saturated heterocycles. The molecule has 4 nitrogen and oxygen atoms in total. The molecule has 3 rings (SSSR count). The Morgan fingerprint density at radius 1 is 1.04 bits per heavy atom. The molecule has 2 N–H and O–H groups in total. The summed E-state index contributed by atoms with van der Waals surface area (Å²) in [7, 11) is 0. The largest absolute Gasteiger partial charge is 0.394 e. The first-order valence-electron chi connectivity index (χ1n) is 8.69. The molecule has 0 aromatic heterocycles. The van der Waals surface area contributed by atoms with Gasteiger partial charge in [0.25, 0.3) is 0 Å². The molecule has 1 fully saturated rings. The Hall–Kier alpha value is -1.68. The number of hydrogen-bond acceptors (Lipinski definition) is 3. The molecule has 4 heteroatoms. The van der Waals surface area contributed by atoms with Crippen LogP contribution in [0, 0.1) is 0 Å². The maximum atomic E-state index is 12.3. The fourth-order valence-electron chi connectivity index (χ4n) is 3.85. The lowest BCUT2D eigenvalue weighted by Gasteiger charge is -2.27. The van der Waals surface area contributed by atoms with Crippen LogP contribution in [0.4, 0.5) is 0 Å². The second-order valence-electron chi connectivity index (χ2n) is 6.95. The molecule has 1 amide bonds. The predicted molar refractivity (Wildman–Crippen MR) is 88.5 cm³/mol. The van der Waals surface area contributed by atoms with Crippen LogP contribution in [0.5, 0.6) is 0 Å². The van der Waals surface area contributed by atoms with Crippen molar-refractivity contribution in [1.82, 2.24) is 5.32 Å². The lowest BCUT2D eigenvalue weighted by Crippen LogP contribution is -2.49. The molecule has 1 saturated carbocycles. The first-order valence-corrected chi connectivity index (χ1v) is 8.69. The van der Waals surface area contributed by atoms with Crippen molar-refractivity contribution in [2.75, 3.05) is 6.61 Å².